The van der Waals surface area contributed by atoms with Crippen molar-refractivity contribution in [2.45, 2.75) is 49.5 Å². The molecule has 55 heavy (non-hydrogen) atoms. The maximum absolute atomic E-state index is 13.5. The Balaban J connectivity index is 1.19. The second-order valence-corrected chi connectivity index (χ2v) is 12.9. The van der Waals surface area contributed by atoms with E-state index in [0.29, 0.717) is 5.56 Å². The van der Waals surface area contributed by atoms with Crippen LogP contribution in [-0.4, -0.2) is 103 Å². The van der Waals surface area contributed by atoms with Crippen LogP contribution in [0.3, 0.4) is 0 Å². The van der Waals surface area contributed by atoms with Gasteiger partial charge in [-0.15, -0.1) is 0 Å². The maximum atomic E-state index is 13.5. The molecule has 6 atom stereocenters. The number of alkyl carbamates (subject to hydrolysis) is 1. The number of aliphatic hydroxyl groups is 2. The van der Waals surface area contributed by atoms with Crippen LogP contribution < -0.4 is 10.6 Å². The van der Waals surface area contributed by atoms with Crippen LogP contribution in [0.25, 0.3) is 11.1 Å². The first-order chi connectivity index (χ1) is 26.6. The topological polar surface area (TPSA) is 196 Å². The minimum absolute atomic E-state index is 0.0736. The molecule has 2 amide bonds. The van der Waals surface area contributed by atoms with Crippen LogP contribution in [0.5, 0.6) is 0 Å². The summed E-state index contributed by atoms with van der Waals surface area (Å²) in [6.45, 7) is -0.957. The number of benzene rings is 4. The standard InChI is InChI=1S/C41H40N2O12/c1-24(45)42-35-37(55-38(48)26-14-6-3-7-15-26)36(47)34(20-44)54-40(35)52-22-32(39(49)51-23-33(46)25-12-4-2-5-13-25)43-41(50)53-21-31-29-18-10-8-16-27(29)28-17-9-11-19-30(28)31/h2-19,31-32,34-37,40,44,47H,20-23H2,1H3,(H,42,45)(H,43,50). The fourth-order valence-electron chi connectivity index (χ4n) is 6.59. The van der Waals surface area contributed by atoms with Gasteiger partial charge >= 0.3 is 18.0 Å². The molecule has 4 N–H and O–H groups in total. The van der Waals surface area contributed by atoms with Crippen molar-refractivity contribution in [2.75, 3.05) is 26.4 Å². The lowest BCUT2D eigenvalue weighted by molar-refractivity contribution is -0.270. The van der Waals surface area contributed by atoms with Crippen molar-refractivity contribution in [3.63, 3.8) is 0 Å². The zero-order valence-electron chi connectivity index (χ0n) is 29.7. The third-order valence-electron chi connectivity index (χ3n) is 9.26. The van der Waals surface area contributed by atoms with Crippen LogP contribution >= 0.6 is 0 Å². The molecule has 0 bridgehead atoms. The van der Waals surface area contributed by atoms with E-state index in [4.69, 9.17) is 23.7 Å². The van der Waals surface area contributed by atoms with Crippen molar-refractivity contribution >= 4 is 29.7 Å². The highest BCUT2D eigenvalue weighted by Crippen LogP contribution is 2.44. The van der Waals surface area contributed by atoms with Gasteiger partial charge in [-0.2, -0.15) is 0 Å². The number of fused-ring (bicyclic) bond motifs is 3. The smallest absolute Gasteiger partial charge is 0.407 e. The van der Waals surface area contributed by atoms with Crippen molar-refractivity contribution in [3.8, 4) is 11.1 Å². The average Bonchev–Trinajstić information content (AvgIpc) is 3.53. The summed E-state index contributed by atoms with van der Waals surface area (Å²) in [6.07, 6.45) is -6.99. The Hall–Kier alpha value is -5.93. The molecule has 0 saturated carbocycles. The number of carbonyl (C=O) groups excluding carboxylic acids is 5. The van der Waals surface area contributed by atoms with Crippen molar-refractivity contribution in [1.82, 2.24) is 10.6 Å². The summed E-state index contributed by atoms with van der Waals surface area (Å²) in [5.41, 5.74) is 4.43. The number of rotatable bonds is 14. The molecule has 0 aromatic heterocycles. The Kier molecular flexibility index (Phi) is 12.6. The summed E-state index contributed by atoms with van der Waals surface area (Å²) in [5.74, 6) is -3.28. The summed E-state index contributed by atoms with van der Waals surface area (Å²) >= 11 is 0. The van der Waals surface area contributed by atoms with E-state index in [9.17, 15) is 34.2 Å². The Labute approximate surface area is 316 Å². The molecule has 4 aromatic rings. The minimum atomic E-state index is -1.61. The van der Waals surface area contributed by atoms with Crippen LogP contribution in [0, 0.1) is 0 Å². The molecule has 0 spiro atoms. The number of carbonyl (C=O) groups is 5. The highest BCUT2D eigenvalue weighted by atomic mass is 16.7. The van der Waals surface area contributed by atoms with Crippen molar-refractivity contribution in [2.24, 2.45) is 0 Å². The molecular formula is C41H40N2O12. The number of hydrogen-bond donors (Lipinski definition) is 4. The molecule has 1 heterocycles. The van der Waals surface area contributed by atoms with E-state index in [1.54, 1.807) is 48.5 Å². The molecule has 14 heteroatoms. The number of ether oxygens (including phenoxy) is 5. The lowest BCUT2D eigenvalue weighted by Crippen LogP contribution is -2.66. The molecule has 286 valence electrons. The second-order valence-electron chi connectivity index (χ2n) is 12.9. The van der Waals surface area contributed by atoms with E-state index in [2.05, 4.69) is 10.6 Å². The summed E-state index contributed by atoms with van der Waals surface area (Å²) < 4.78 is 28.3. The summed E-state index contributed by atoms with van der Waals surface area (Å²) in [5, 5.41) is 26.1. The third kappa shape index (κ3) is 9.24. The minimum Gasteiger partial charge on any atom is -0.456 e. The van der Waals surface area contributed by atoms with E-state index in [1.807, 2.05) is 48.5 Å². The Morgan fingerprint density at radius 2 is 1.36 bits per heavy atom. The lowest BCUT2D eigenvalue weighted by atomic mass is 9.96. The highest BCUT2D eigenvalue weighted by molar-refractivity contribution is 5.98. The van der Waals surface area contributed by atoms with E-state index in [0.717, 1.165) is 22.3 Å². The first kappa shape index (κ1) is 38.8. The largest absolute Gasteiger partial charge is 0.456 e. The van der Waals surface area contributed by atoms with Crippen molar-refractivity contribution < 1.29 is 57.9 Å². The average molecular weight is 753 g/mol. The van der Waals surface area contributed by atoms with Gasteiger partial charge < -0.3 is 44.5 Å². The highest BCUT2D eigenvalue weighted by Gasteiger charge is 2.49. The molecule has 1 saturated heterocycles. The Bertz CT molecular complexity index is 1950. The fourth-order valence-corrected chi connectivity index (χ4v) is 6.59. The molecule has 0 radical (unpaired) electrons. The first-order valence-electron chi connectivity index (χ1n) is 17.6. The molecule has 4 aromatic carbocycles. The first-order valence-corrected chi connectivity index (χ1v) is 17.6. The zero-order chi connectivity index (χ0) is 38.9. The molecule has 6 rings (SSSR count). The molecule has 2 aliphatic rings. The van der Waals surface area contributed by atoms with Gasteiger partial charge in [0.05, 0.1) is 18.8 Å². The molecule has 14 nitrogen and oxygen atoms in total. The van der Waals surface area contributed by atoms with Crippen LogP contribution in [0.4, 0.5) is 4.79 Å². The number of ketones is 1. The van der Waals surface area contributed by atoms with Gasteiger partial charge in [-0.1, -0.05) is 97.1 Å². The quantitative estimate of drug-likeness (QED) is 0.0836. The summed E-state index contributed by atoms with van der Waals surface area (Å²) in [6, 6.07) is 28.6. The number of hydrogen-bond acceptors (Lipinski definition) is 12. The normalized spacial score (nSPS) is 20.6. The predicted molar refractivity (Wildman–Crippen MR) is 195 cm³/mol. The molecular weight excluding hydrogens is 712 g/mol. The van der Waals surface area contributed by atoms with E-state index in [-0.39, 0.29) is 18.1 Å². The van der Waals surface area contributed by atoms with Gasteiger partial charge in [0.25, 0.3) is 0 Å². The van der Waals surface area contributed by atoms with Gasteiger partial charge in [0, 0.05) is 18.4 Å². The number of nitrogens with one attached hydrogen (secondary N) is 2. The molecule has 1 aliphatic heterocycles. The van der Waals surface area contributed by atoms with Crippen LogP contribution in [0.2, 0.25) is 0 Å². The predicted octanol–water partition coefficient (Wildman–Crippen LogP) is 3.14. The lowest BCUT2D eigenvalue weighted by Gasteiger charge is -2.43. The van der Waals surface area contributed by atoms with Gasteiger partial charge in [-0.25, -0.2) is 14.4 Å². The van der Waals surface area contributed by atoms with Gasteiger partial charge in [0.15, 0.2) is 30.8 Å². The fraction of sp³-hybridized carbons (Fsp3) is 0.293. The maximum Gasteiger partial charge on any atom is 0.407 e. The van der Waals surface area contributed by atoms with E-state index in [1.165, 1.54) is 19.1 Å². The zero-order valence-corrected chi connectivity index (χ0v) is 29.7. The number of amides is 2. The monoisotopic (exact) mass is 752 g/mol. The SMILES string of the molecule is CC(=O)NC1C(OCC(NC(=O)OCC2c3ccccc3-c3ccccc32)C(=O)OCC(=O)c2ccccc2)OC(CO)C(O)C1OC(=O)c1ccccc1. The molecule has 6 unspecified atom stereocenters. The number of esters is 2. The Morgan fingerprint density at radius 1 is 0.782 bits per heavy atom. The van der Waals surface area contributed by atoms with E-state index < -0.39 is 86.2 Å². The van der Waals surface area contributed by atoms with Crippen LogP contribution in [0.1, 0.15) is 44.7 Å². The van der Waals surface area contributed by atoms with E-state index >= 15 is 0 Å². The van der Waals surface area contributed by atoms with Gasteiger partial charge in [0.1, 0.15) is 24.9 Å². The number of aliphatic hydroxyl groups excluding tert-OH is 2. The van der Waals surface area contributed by atoms with Crippen LogP contribution in [0.15, 0.2) is 109 Å². The molecule has 1 aliphatic carbocycles. The van der Waals surface area contributed by atoms with Crippen LogP contribution in [-0.2, 0) is 33.3 Å². The van der Waals surface area contributed by atoms with Crippen molar-refractivity contribution in [1.29, 1.82) is 0 Å². The number of Topliss-reactive ketones (excluding diaryl/α,β-unsaturated/α-hetero) is 1. The summed E-state index contributed by atoms with van der Waals surface area (Å²) in [7, 11) is 0. The van der Waals surface area contributed by atoms with Gasteiger partial charge in [-0.05, 0) is 34.4 Å². The van der Waals surface area contributed by atoms with Crippen molar-refractivity contribution in [3.05, 3.63) is 131 Å². The Morgan fingerprint density at radius 3 is 1.96 bits per heavy atom. The second kappa shape index (κ2) is 17.9. The summed E-state index contributed by atoms with van der Waals surface area (Å²) in [4.78, 5) is 65.0. The third-order valence-corrected chi connectivity index (χ3v) is 9.26. The molecule has 1 fully saturated rings. The van der Waals surface area contributed by atoms with Gasteiger partial charge in [0.2, 0.25) is 5.91 Å². The van der Waals surface area contributed by atoms with Gasteiger partial charge in [-0.3, -0.25) is 9.59 Å².